The topological polar surface area (TPSA) is 65.0 Å². The van der Waals surface area contributed by atoms with Gasteiger partial charge < -0.3 is 19.3 Å². The lowest BCUT2D eigenvalue weighted by molar-refractivity contribution is -0.242. The molecule has 36 heavy (non-hydrogen) atoms. The summed E-state index contributed by atoms with van der Waals surface area (Å²) in [5, 5.41) is 10.0. The molecule has 0 radical (unpaired) electrons. The summed E-state index contributed by atoms with van der Waals surface area (Å²) in [4.78, 5) is 13.4. The van der Waals surface area contributed by atoms with Crippen LogP contribution in [0.15, 0.2) is 30.3 Å². The highest BCUT2D eigenvalue weighted by molar-refractivity contribution is 5.89. The third-order valence-corrected chi connectivity index (χ3v) is 11.8. The van der Waals surface area contributed by atoms with Gasteiger partial charge in [0.2, 0.25) is 0 Å². The molecule has 5 fully saturated rings. The second kappa shape index (κ2) is 9.10. The first-order chi connectivity index (χ1) is 17.3. The van der Waals surface area contributed by atoms with Crippen LogP contribution in [-0.2, 0) is 14.2 Å². The number of carbonyl (C=O) groups is 1. The van der Waals surface area contributed by atoms with Crippen LogP contribution in [0.3, 0.4) is 0 Å². The first-order valence-electron chi connectivity index (χ1n) is 14.4. The second-order valence-electron chi connectivity index (χ2n) is 13.2. The Labute approximate surface area is 216 Å². The smallest absolute Gasteiger partial charge is 0.338 e. The van der Waals surface area contributed by atoms with Crippen LogP contribution in [0.4, 0.5) is 0 Å². The van der Waals surface area contributed by atoms with Crippen molar-refractivity contribution >= 4 is 5.97 Å². The van der Waals surface area contributed by atoms with Crippen molar-refractivity contribution < 1.29 is 24.1 Å². The SMILES string of the molecule is C[C@H](CO)[C@H]1CC[C@H]2[C@@H]3[C@H](OC(=O)c4ccccc4)CC4CC5(CC[C@]4(C)[C@H]3CC[C@]12C)OCCO5. The molecule has 1 aliphatic heterocycles. The van der Waals surface area contributed by atoms with Crippen LogP contribution in [0.25, 0.3) is 0 Å². The van der Waals surface area contributed by atoms with Crippen molar-refractivity contribution in [3.05, 3.63) is 35.9 Å². The van der Waals surface area contributed by atoms with Crippen molar-refractivity contribution in [3.63, 3.8) is 0 Å². The Hall–Kier alpha value is -1.43. The van der Waals surface area contributed by atoms with Crippen molar-refractivity contribution in [3.8, 4) is 0 Å². The molecule has 5 aliphatic rings. The molecule has 1 N–H and O–H groups in total. The monoisotopic (exact) mass is 496 g/mol. The van der Waals surface area contributed by atoms with Gasteiger partial charge in [0.1, 0.15) is 6.10 Å². The minimum absolute atomic E-state index is 0.0786. The van der Waals surface area contributed by atoms with E-state index in [0.29, 0.717) is 54.3 Å². The van der Waals surface area contributed by atoms with Gasteiger partial charge in [0.25, 0.3) is 0 Å². The lowest BCUT2D eigenvalue weighted by Gasteiger charge is -2.63. The summed E-state index contributed by atoms with van der Waals surface area (Å²) in [6, 6.07) is 9.48. The van der Waals surface area contributed by atoms with Crippen molar-refractivity contribution in [1.82, 2.24) is 0 Å². The van der Waals surface area contributed by atoms with E-state index >= 15 is 0 Å². The highest BCUT2D eigenvalue weighted by Crippen LogP contribution is 2.69. The summed E-state index contributed by atoms with van der Waals surface area (Å²) in [6.45, 7) is 8.86. The lowest BCUT2D eigenvalue weighted by atomic mass is 9.43. The summed E-state index contributed by atoms with van der Waals surface area (Å²) in [5.74, 6) is 2.14. The molecule has 9 atom stereocenters. The second-order valence-corrected chi connectivity index (χ2v) is 13.2. The zero-order valence-corrected chi connectivity index (χ0v) is 22.3. The average Bonchev–Trinajstić information content (AvgIpc) is 3.49. The highest BCUT2D eigenvalue weighted by Gasteiger charge is 2.65. The summed E-state index contributed by atoms with van der Waals surface area (Å²) < 4.78 is 18.9. The van der Waals surface area contributed by atoms with Crippen LogP contribution in [0.2, 0.25) is 0 Å². The minimum Gasteiger partial charge on any atom is -0.458 e. The number of aliphatic hydroxyl groups excluding tert-OH is 1. The van der Waals surface area contributed by atoms with Gasteiger partial charge in [-0.25, -0.2) is 4.79 Å². The lowest BCUT2D eigenvalue weighted by Crippen LogP contribution is -2.61. The number of ether oxygens (including phenoxy) is 3. The normalized spacial score (nSPS) is 43.9. The van der Waals surface area contributed by atoms with E-state index in [4.69, 9.17) is 14.2 Å². The first-order valence-corrected chi connectivity index (χ1v) is 14.4. The van der Waals surface area contributed by atoms with Crippen LogP contribution >= 0.6 is 0 Å². The largest absolute Gasteiger partial charge is 0.458 e. The summed E-state index contributed by atoms with van der Waals surface area (Å²) in [7, 11) is 0. The van der Waals surface area contributed by atoms with Gasteiger partial charge >= 0.3 is 5.97 Å². The number of esters is 1. The molecule has 4 saturated carbocycles. The van der Waals surface area contributed by atoms with Gasteiger partial charge in [0, 0.05) is 25.4 Å². The molecule has 198 valence electrons. The van der Waals surface area contributed by atoms with Gasteiger partial charge in [-0.1, -0.05) is 39.0 Å². The maximum Gasteiger partial charge on any atom is 0.338 e. The van der Waals surface area contributed by atoms with Crippen molar-refractivity contribution in [1.29, 1.82) is 0 Å². The van der Waals surface area contributed by atoms with E-state index in [1.54, 1.807) is 0 Å². The number of hydrogen-bond donors (Lipinski definition) is 1. The Morgan fingerprint density at radius 3 is 2.47 bits per heavy atom. The zero-order chi connectivity index (χ0) is 25.1. The number of fused-ring (bicyclic) bond motifs is 5. The standard InChI is InChI=1S/C31H44O5/c1-20(19-32)23-9-10-24-27-25(11-12-30(23,24)3)29(2)13-14-31(34-15-16-35-31)18-22(29)17-26(27)36-28(33)21-7-5-4-6-8-21/h4-8,20,22-27,32H,9-19H2,1-3H3/t20-,22?,23-,24+,25+,26-,27+,29+,30-/m1/s1. The van der Waals surface area contributed by atoms with E-state index in [-0.39, 0.29) is 29.5 Å². The molecule has 1 spiro atoms. The van der Waals surface area contributed by atoms with Crippen LogP contribution in [0, 0.1) is 46.3 Å². The molecule has 0 aromatic heterocycles. The van der Waals surface area contributed by atoms with Gasteiger partial charge in [0.15, 0.2) is 5.79 Å². The fraction of sp³-hybridized carbons (Fsp3) is 0.774. The maximum atomic E-state index is 13.4. The van der Waals surface area contributed by atoms with E-state index in [1.165, 1.54) is 25.7 Å². The molecule has 6 rings (SSSR count). The average molecular weight is 497 g/mol. The van der Waals surface area contributed by atoms with E-state index in [1.807, 2.05) is 30.3 Å². The molecule has 4 aliphatic carbocycles. The van der Waals surface area contributed by atoms with Gasteiger partial charge in [-0.15, -0.1) is 0 Å². The molecule has 1 saturated heterocycles. The number of rotatable bonds is 4. The summed E-state index contributed by atoms with van der Waals surface area (Å²) in [5.41, 5.74) is 1.07. The van der Waals surface area contributed by atoms with Crippen LogP contribution in [0.5, 0.6) is 0 Å². The molecular weight excluding hydrogens is 452 g/mol. The van der Waals surface area contributed by atoms with Crippen molar-refractivity contribution in [2.24, 2.45) is 46.3 Å². The predicted molar refractivity (Wildman–Crippen MR) is 137 cm³/mol. The Balaban J connectivity index is 1.34. The highest BCUT2D eigenvalue weighted by atomic mass is 16.7. The third-order valence-electron chi connectivity index (χ3n) is 11.8. The number of aliphatic hydroxyl groups is 1. The fourth-order valence-electron chi connectivity index (χ4n) is 9.90. The van der Waals surface area contributed by atoms with Crippen LogP contribution < -0.4 is 0 Å². The van der Waals surface area contributed by atoms with Crippen LogP contribution in [-0.4, -0.2) is 42.8 Å². The molecule has 5 nitrogen and oxygen atoms in total. The molecule has 0 bridgehead atoms. The summed E-state index contributed by atoms with van der Waals surface area (Å²) >= 11 is 0. The molecular formula is C31H44O5. The summed E-state index contributed by atoms with van der Waals surface area (Å²) in [6.07, 6.45) is 8.60. The third kappa shape index (κ3) is 3.79. The van der Waals surface area contributed by atoms with Gasteiger partial charge in [-0.3, -0.25) is 0 Å². The predicted octanol–water partition coefficient (Wildman–Crippen LogP) is 5.85. The molecule has 0 amide bonds. The molecule has 1 aromatic carbocycles. The quantitative estimate of drug-likeness (QED) is 0.530. The number of hydrogen-bond acceptors (Lipinski definition) is 5. The molecule has 5 heteroatoms. The maximum absolute atomic E-state index is 13.4. The van der Waals surface area contributed by atoms with E-state index in [9.17, 15) is 9.90 Å². The Bertz CT molecular complexity index is 957. The molecule has 1 aromatic rings. The van der Waals surface area contributed by atoms with E-state index in [0.717, 1.165) is 25.7 Å². The fourth-order valence-corrected chi connectivity index (χ4v) is 9.90. The Kier molecular flexibility index (Phi) is 6.29. The van der Waals surface area contributed by atoms with Crippen molar-refractivity contribution in [2.45, 2.75) is 84.0 Å². The number of carbonyl (C=O) groups excluding carboxylic acids is 1. The minimum atomic E-state index is -0.427. The van der Waals surface area contributed by atoms with Gasteiger partial charge in [-0.2, -0.15) is 0 Å². The molecule has 1 unspecified atom stereocenters. The molecule has 1 heterocycles. The van der Waals surface area contributed by atoms with Gasteiger partial charge in [0.05, 0.1) is 18.8 Å². The zero-order valence-electron chi connectivity index (χ0n) is 22.3. The number of benzene rings is 1. The Morgan fingerprint density at radius 1 is 1.03 bits per heavy atom. The van der Waals surface area contributed by atoms with E-state index < -0.39 is 5.79 Å². The Morgan fingerprint density at radius 2 is 1.75 bits per heavy atom. The van der Waals surface area contributed by atoms with E-state index in [2.05, 4.69) is 20.8 Å². The van der Waals surface area contributed by atoms with Crippen LogP contribution in [0.1, 0.15) is 82.5 Å². The first kappa shape index (κ1) is 24.9. The van der Waals surface area contributed by atoms with Gasteiger partial charge in [-0.05, 0) is 91.1 Å². The van der Waals surface area contributed by atoms with Crippen molar-refractivity contribution in [2.75, 3.05) is 19.8 Å².